The number of hydrogen-bond donors (Lipinski definition) is 0. The zero-order valence-corrected chi connectivity index (χ0v) is 13.9. The Balaban J connectivity index is 3.49. The van der Waals surface area contributed by atoms with Gasteiger partial charge in [0.2, 0.25) is 0 Å². The summed E-state index contributed by atoms with van der Waals surface area (Å²) in [5.41, 5.74) is -2.22. The molecule has 0 saturated carbocycles. The molecule has 7 heteroatoms. The van der Waals surface area contributed by atoms with Crippen LogP contribution in [-0.4, -0.2) is 24.2 Å². The van der Waals surface area contributed by atoms with Gasteiger partial charge in [-0.25, -0.2) is 10.7 Å². The summed E-state index contributed by atoms with van der Waals surface area (Å²) in [6.07, 6.45) is 1.47. The van der Waals surface area contributed by atoms with E-state index in [2.05, 4.69) is 0 Å². The number of esters is 1. The second kappa shape index (κ2) is 10.0. The highest BCUT2D eigenvalue weighted by molar-refractivity contribution is 6.19. The lowest BCUT2D eigenvalue weighted by Crippen LogP contribution is -2.15. The molecule has 0 bridgehead atoms. The van der Waals surface area contributed by atoms with Crippen LogP contribution in [0.3, 0.4) is 0 Å². The molecule has 0 saturated heterocycles. The number of Topliss-reactive ketones (excluding diaryl/α,β-unsaturated/α-hetero) is 1. The quantitative estimate of drug-likeness (QED) is 0.142. The molecule has 0 aliphatic carbocycles. The van der Waals surface area contributed by atoms with Gasteiger partial charge in [-0.15, -0.1) is 0 Å². The molecular formula is C19H13N4O3-. The van der Waals surface area contributed by atoms with Crippen LogP contribution in [0.4, 0.5) is 0 Å². The van der Waals surface area contributed by atoms with Crippen LogP contribution in [0.2, 0.25) is 0 Å². The lowest BCUT2D eigenvalue weighted by atomic mass is 9.91. The van der Waals surface area contributed by atoms with Crippen molar-refractivity contribution < 1.29 is 14.3 Å². The van der Waals surface area contributed by atoms with E-state index in [0.717, 1.165) is 6.42 Å². The van der Waals surface area contributed by atoms with Gasteiger partial charge in [0.25, 0.3) is 0 Å². The third-order valence-electron chi connectivity index (χ3n) is 3.30. The maximum Gasteiger partial charge on any atom is 0.338 e. The summed E-state index contributed by atoms with van der Waals surface area (Å²) in [5.74, 6) is -0.183. The molecule has 0 aliphatic heterocycles. The fourth-order valence-corrected chi connectivity index (χ4v) is 2.01. The third kappa shape index (κ3) is 4.52. The molecule has 0 aromatic heterocycles. The van der Waals surface area contributed by atoms with E-state index in [1.807, 2.05) is 6.92 Å². The molecule has 0 atom stereocenters. The van der Waals surface area contributed by atoms with E-state index >= 15 is 0 Å². The highest BCUT2D eigenvalue weighted by Crippen LogP contribution is 2.22. The van der Waals surface area contributed by atoms with Crippen molar-refractivity contribution >= 4 is 17.6 Å². The van der Waals surface area contributed by atoms with Gasteiger partial charge in [-0.2, -0.15) is 15.8 Å². The van der Waals surface area contributed by atoms with Crippen LogP contribution in [0.1, 0.15) is 40.5 Å². The van der Waals surface area contributed by atoms with Crippen LogP contribution in [-0.2, 0) is 4.74 Å². The van der Waals surface area contributed by atoms with Gasteiger partial charge in [0.1, 0.15) is 23.8 Å². The van der Waals surface area contributed by atoms with Crippen LogP contribution in [0.25, 0.3) is 5.41 Å². The van der Waals surface area contributed by atoms with Crippen molar-refractivity contribution in [2.75, 3.05) is 6.61 Å². The molecule has 0 fully saturated rings. The number of allylic oxidation sites excluding steroid dienone is 3. The molecule has 128 valence electrons. The first-order valence-corrected chi connectivity index (χ1v) is 7.58. The van der Waals surface area contributed by atoms with Crippen LogP contribution in [0.15, 0.2) is 41.0 Å². The average Bonchev–Trinajstić information content (AvgIpc) is 2.68. The number of nitriles is 3. The van der Waals surface area contributed by atoms with Crippen LogP contribution < -0.4 is 0 Å². The maximum absolute atomic E-state index is 12.8. The fraction of sp³-hybridized carbons (Fsp3) is 0.211. The van der Waals surface area contributed by atoms with E-state index in [0.29, 0.717) is 6.42 Å². The van der Waals surface area contributed by atoms with Crippen LogP contribution in [0.5, 0.6) is 0 Å². The smallest absolute Gasteiger partial charge is 0.338 e. The first-order chi connectivity index (χ1) is 12.5. The van der Waals surface area contributed by atoms with Crippen molar-refractivity contribution in [1.82, 2.24) is 0 Å². The molecule has 7 nitrogen and oxygen atoms in total. The predicted octanol–water partition coefficient (Wildman–Crippen LogP) is 2.86. The molecule has 0 spiro atoms. The summed E-state index contributed by atoms with van der Waals surface area (Å²) in [4.78, 5) is 25.1. The Morgan fingerprint density at radius 2 is 1.69 bits per heavy atom. The summed E-state index contributed by atoms with van der Waals surface area (Å²) >= 11 is 0. The Labute approximate surface area is 150 Å². The minimum atomic E-state index is -0.941. The van der Waals surface area contributed by atoms with Gasteiger partial charge in [0, 0.05) is 5.56 Å². The van der Waals surface area contributed by atoms with Gasteiger partial charge in [-0.1, -0.05) is 31.5 Å². The standard InChI is InChI=1S/C19H13N4O3/c1-2-3-8-26-19(25)16-7-5-4-6-15(16)18(24)17(13(9-20)10-21)14(11-22)12-23/h4-7H,2-3,8H2,1H3/q-1. The first-order valence-electron chi connectivity index (χ1n) is 7.58. The fourth-order valence-electron chi connectivity index (χ4n) is 2.01. The molecule has 0 aliphatic rings. The zero-order valence-electron chi connectivity index (χ0n) is 13.9. The van der Waals surface area contributed by atoms with Crippen LogP contribution in [0, 0.1) is 34.0 Å². The van der Waals surface area contributed by atoms with E-state index in [1.165, 1.54) is 48.3 Å². The summed E-state index contributed by atoms with van der Waals surface area (Å²) in [5, 5.41) is 36.2. The molecule has 1 aromatic carbocycles. The lowest BCUT2D eigenvalue weighted by Gasteiger charge is -2.10. The van der Waals surface area contributed by atoms with Crippen LogP contribution >= 0.6 is 0 Å². The maximum atomic E-state index is 12.8. The normalized spacial score (nSPS) is 8.85. The second-order valence-corrected chi connectivity index (χ2v) is 4.94. The SMILES string of the molecule is CCCCOC(=O)c1ccccc1C(=O)C(C(=C=[N-])C#N)=C(C#N)C#N. The Morgan fingerprint density at radius 1 is 1.08 bits per heavy atom. The highest BCUT2D eigenvalue weighted by atomic mass is 16.5. The van der Waals surface area contributed by atoms with E-state index < -0.39 is 28.5 Å². The molecule has 0 heterocycles. The Bertz CT molecular complexity index is 917. The number of carbonyl (C=O) groups excluding carboxylic acids is 2. The highest BCUT2D eigenvalue weighted by Gasteiger charge is 2.25. The number of rotatable bonds is 7. The predicted molar refractivity (Wildman–Crippen MR) is 91.7 cm³/mol. The number of hydrogen-bond acceptors (Lipinski definition) is 6. The molecule has 1 rings (SSSR count). The molecule has 0 N–H and O–H groups in total. The second-order valence-electron chi connectivity index (χ2n) is 4.94. The van der Waals surface area contributed by atoms with E-state index in [1.54, 1.807) is 0 Å². The summed E-state index contributed by atoms with van der Waals surface area (Å²) < 4.78 is 5.09. The largest absolute Gasteiger partial charge is 0.762 e. The van der Waals surface area contributed by atoms with Crippen molar-refractivity contribution in [3.05, 3.63) is 57.5 Å². The molecule has 0 radical (unpaired) electrons. The third-order valence-corrected chi connectivity index (χ3v) is 3.30. The van der Waals surface area contributed by atoms with E-state index in [4.69, 9.17) is 25.9 Å². The molecule has 1 aromatic rings. The Morgan fingerprint density at radius 3 is 2.19 bits per heavy atom. The van der Waals surface area contributed by atoms with Gasteiger partial charge < -0.3 is 10.1 Å². The minimum absolute atomic E-state index is 0.0726. The number of ether oxygens (including phenoxy) is 1. The number of nitrogens with zero attached hydrogens (tertiary/aromatic N) is 4. The Hall–Kier alpha value is -3.98. The topological polar surface area (TPSA) is 137 Å². The number of carbonyl (C=O) groups is 2. The van der Waals surface area contributed by atoms with Gasteiger partial charge in [0.05, 0.1) is 23.3 Å². The van der Waals surface area contributed by atoms with Gasteiger partial charge in [0.15, 0.2) is 5.78 Å². The summed E-state index contributed by atoms with van der Waals surface area (Å²) in [6, 6.07) is 10.2. The minimum Gasteiger partial charge on any atom is -0.762 e. The van der Waals surface area contributed by atoms with Crippen molar-refractivity contribution in [3.8, 4) is 18.2 Å². The average molecular weight is 345 g/mol. The molecule has 26 heavy (non-hydrogen) atoms. The summed E-state index contributed by atoms with van der Waals surface area (Å²) in [7, 11) is 0. The van der Waals surface area contributed by atoms with Crippen molar-refractivity contribution in [1.29, 1.82) is 15.8 Å². The van der Waals surface area contributed by atoms with Crippen molar-refractivity contribution in [3.63, 3.8) is 0 Å². The van der Waals surface area contributed by atoms with Gasteiger partial charge >= 0.3 is 5.97 Å². The lowest BCUT2D eigenvalue weighted by molar-refractivity contribution is 0.0497. The monoisotopic (exact) mass is 345 g/mol. The zero-order chi connectivity index (χ0) is 19.5. The van der Waals surface area contributed by atoms with Crippen molar-refractivity contribution in [2.45, 2.75) is 19.8 Å². The van der Waals surface area contributed by atoms with Gasteiger partial charge in [-0.05, 0) is 12.5 Å². The van der Waals surface area contributed by atoms with Gasteiger partial charge in [-0.3, -0.25) is 4.79 Å². The molecular weight excluding hydrogens is 332 g/mol. The number of ketones is 1. The number of unbranched alkanes of at least 4 members (excludes halogenated alkanes) is 1. The number of benzene rings is 1. The summed E-state index contributed by atoms with van der Waals surface area (Å²) in [6.45, 7) is 2.10. The molecule has 0 unspecified atom stereocenters. The molecule has 0 amide bonds. The first kappa shape index (κ1) is 20.1. The van der Waals surface area contributed by atoms with E-state index in [9.17, 15) is 9.59 Å². The van der Waals surface area contributed by atoms with Crippen molar-refractivity contribution in [2.24, 2.45) is 0 Å². The Kier molecular flexibility index (Phi) is 7.72. The van der Waals surface area contributed by atoms with E-state index in [-0.39, 0.29) is 17.7 Å².